The van der Waals surface area contributed by atoms with Crippen molar-refractivity contribution < 1.29 is 37.0 Å². The van der Waals surface area contributed by atoms with Gasteiger partial charge in [-0.25, -0.2) is 0 Å². The molecule has 4 rings (SSSR count). The van der Waals surface area contributed by atoms with E-state index in [9.17, 15) is 27.6 Å². The lowest BCUT2D eigenvalue weighted by Crippen LogP contribution is -2.54. The SMILES string of the molecule is CN1C(=O)c2cc(NC(=O)c3cccs3)ccc2OC[C@H]2O[C@@H](CC(=O)NCC(F)(F)F)CC[C@@H]21. The summed E-state index contributed by atoms with van der Waals surface area (Å²) in [5.41, 5.74) is 0.748. The molecule has 3 heterocycles. The van der Waals surface area contributed by atoms with Crippen molar-refractivity contribution in [2.45, 2.75) is 43.7 Å². The number of hydrogen-bond donors (Lipinski definition) is 2. The summed E-state index contributed by atoms with van der Waals surface area (Å²) in [6, 6.07) is 7.93. The van der Waals surface area contributed by atoms with E-state index in [1.165, 1.54) is 11.3 Å². The third-order valence-corrected chi connectivity index (χ3v) is 6.78. The van der Waals surface area contributed by atoms with Crippen LogP contribution in [0.4, 0.5) is 18.9 Å². The summed E-state index contributed by atoms with van der Waals surface area (Å²) >= 11 is 1.31. The average molecular weight is 512 g/mol. The Labute approximate surface area is 203 Å². The van der Waals surface area contributed by atoms with Gasteiger partial charge >= 0.3 is 6.18 Å². The van der Waals surface area contributed by atoms with E-state index in [0.29, 0.717) is 34.7 Å². The van der Waals surface area contributed by atoms with Crippen LogP contribution in [0, 0.1) is 0 Å². The summed E-state index contributed by atoms with van der Waals surface area (Å²) in [4.78, 5) is 39.6. The minimum Gasteiger partial charge on any atom is -0.490 e. The van der Waals surface area contributed by atoms with Crippen molar-refractivity contribution in [2.24, 2.45) is 0 Å². The zero-order valence-corrected chi connectivity index (χ0v) is 19.6. The van der Waals surface area contributed by atoms with Gasteiger partial charge in [0, 0.05) is 12.7 Å². The summed E-state index contributed by atoms with van der Waals surface area (Å²) in [6.45, 7) is -1.30. The van der Waals surface area contributed by atoms with Crippen LogP contribution >= 0.6 is 11.3 Å². The predicted molar refractivity (Wildman–Crippen MR) is 122 cm³/mol. The van der Waals surface area contributed by atoms with Gasteiger partial charge in [0.05, 0.1) is 29.0 Å². The van der Waals surface area contributed by atoms with Crippen molar-refractivity contribution in [1.29, 1.82) is 0 Å². The Kier molecular flexibility index (Phi) is 7.31. The van der Waals surface area contributed by atoms with Gasteiger partial charge in [0.2, 0.25) is 5.91 Å². The Balaban J connectivity index is 1.43. The first-order valence-corrected chi connectivity index (χ1v) is 11.9. The number of thiophene rings is 1. The number of carbonyl (C=O) groups excluding carboxylic acids is 3. The number of amides is 3. The molecular formula is C23H24F3N3O5S. The first-order valence-electron chi connectivity index (χ1n) is 11.0. The summed E-state index contributed by atoms with van der Waals surface area (Å²) in [7, 11) is 1.64. The molecule has 35 heavy (non-hydrogen) atoms. The molecule has 0 radical (unpaired) electrons. The van der Waals surface area contributed by atoms with Gasteiger partial charge in [-0.1, -0.05) is 6.07 Å². The quantitative estimate of drug-likeness (QED) is 0.641. The van der Waals surface area contributed by atoms with Gasteiger partial charge in [0.1, 0.15) is 25.0 Å². The van der Waals surface area contributed by atoms with E-state index in [4.69, 9.17) is 9.47 Å². The monoisotopic (exact) mass is 511 g/mol. The second-order valence-corrected chi connectivity index (χ2v) is 9.35. The van der Waals surface area contributed by atoms with Crippen molar-refractivity contribution in [3.05, 3.63) is 46.2 Å². The summed E-state index contributed by atoms with van der Waals surface area (Å²) in [6.07, 6.45) is -4.92. The number of nitrogens with one attached hydrogen (secondary N) is 2. The highest BCUT2D eigenvalue weighted by atomic mass is 32.1. The lowest BCUT2D eigenvalue weighted by molar-refractivity contribution is -0.144. The van der Waals surface area contributed by atoms with Crippen LogP contribution in [0.2, 0.25) is 0 Å². The number of likely N-dealkylation sites (N-methyl/N-ethyl adjacent to an activating group) is 1. The zero-order valence-electron chi connectivity index (χ0n) is 18.8. The van der Waals surface area contributed by atoms with Crippen molar-refractivity contribution in [2.75, 3.05) is 25.5 Å². The van der Waals surface area contributed by atoms with Crippen molar-refractivity contribution in [1.82, 2.24) is 10.2 Å². The average Bonchev–Trinajstić information content (AvgIpc) is 3.35. The number of nitrogens with zero attached hydrogens (tertiary/aromatic N) is 1. The second-order valence-electron chi connectivity index (χ2n) is 8.41. The Morgan fingerprint density at radius 2 is 2.03 bits per heavy atom. The molecule has 2 N–H and O–H groups in total. The third-order valence-electron chi connectivity index (χ3n) is 5.91. The maximum Gasteiger partial charge on any atom is 0.405 e. The van der Waals surface area contributed by atoms with E-state index in [2.05, 4.69) is 5.32 Å². The molecule has 0 unspecified atom stereocenters. The molecule has 2 aromatic rings. The number of carbonyl (C=O) groups is 3. The highest BCUT2D eigenvalue weighted by molar-refractivity contribution is 7.12. The zero-order chi connectivity index (χ0) is 25.2. The number of hydrogen-bond acceptors (Lipinski definition) is 6. The van der Waals surface area contributed by atoms with Gasteiger partial charge < -0.3 is 25.0 Å². The molecule has 3 atom stereocenters. The van der Waals surface area contributed by atoms with E-state index < -0.39 is 30.8 Å². The fourth-order valence-electron chi connectivity index (χ4n) is 4.18. The number of fused-ring (bicyclic) bond motifs is 2. The lowest BCUT2D eigenvalue weighted by Gasteiger charge is -2.42. The summed E-state index contributed by atoms with van der Waals surface area (Å²) < 4.78 is 48.8. The molecule has 2 aliphatic rings. The number of rotatable bonds is 5. The minimum atomic E-state index is -4.48. The van der Waals surface area contributed by atoms with E-state index in [1.807, 2.05) is 5.32 Å². The van der Waals surface area contributed by atoms with Gasteiger partial charge in [-0.15, -0.1) is 11.3 Å². The normalized spacial score (nSPS) is 22.2. The van der Waals surface area contributed by atoms with E-state index >= 15 is 0 Å². The van der Waals surface area contributed by atoms with Crippen LogP contribution in [0.15, 0.2) is 35.7 Å². The molecule has 2 aliphatic heterocycles. The molecule has 1 fully saturated rings. The molecule has 0 aliphatic carbocycles. The summed E-state index contributed by atoms with van der Waals surface area (Å²) in [5, 5.41) is 6.43. The first-order chi connectivity index (χ1) is 16.6. The molecular weight excluding hydrogens is 487 g/mol. The van der Waals surface area contributed by atoms with Crippen LogP contribution < -0.4 is 15.4 Å². The lowest BCUT2D eigenvalue weighted by atomic mass is 9.94. The predicted octanol–water partition coefficient (Wildman–Crippen LogP) is 3.45. The maximum absolute atomic E-state index is 13.3. The number of halogens is 3. The van der Waals surface area contributed by atoms with Gasteiger partial charge in [-0.2, -0.15) is 13.2 Å². The topological polar surface area (TPSA) is 97.0 Å². The largest absolute Gasteiger partial charge is 0.490 e. The van der Waals surface area contributed by atoms with Crippen LogP contribution in [0.3, 0.4) is 0 Å². The molecule has 0 bridgehead atoms. The minimum absolute atomic E-state index is 0.0941. The van der Waals surface area contributed by atoms with Gasteiger partial charge in [-0.05, 0) is 42.5 Å². The van der Waals surface area contributed by atoms with Gasteiger partial charge in [0.15, 0.2) is 0 Å². The Hall–Kier alpha value is -3.12. The van der Waals surface area contributed by atoms with Crippen LogP contribution in [-0.4, -0.2) is 67.2 Å². The molecule has 12 heteroatoms. The number of benzene rings is 1. The standard InChI is InChI=1S/C23H24F3N3O5S/c1-29-16-6-5-14(10-20(30)27-12-23(24,25)26)34-18(16)11-33-17-7-4-13(9-15(17)22(29)32)28-21(31)19-3-2-8-35-19/h2-4,7-9,14,16,18H,5-6,10-12H2,1H3,(H,27,30)(H,28,31)/t14-,16+,18-/m1/s1. The fraction of sp³-hybridized carbons (Fsp3) is 0.435. The molecule has 0 saturated carbocycles. The Morgan fingerprint density at radius 1 is 1.23 bits per heavy atom. The van der Waals surface area contributed by atoms with Crippen LogP contribution in [0.5, 0.6) is 5.75 Å². The highest BCUT2D eigenvalue weighted by Gasteiger charge is 2.39. The van der Waals surface area contributed by atoms with E-state index in [0.717, 1.165) is 0 Å². The number of anilines is 1. The molecule has 8 nitrogen and oxygen atoms in total. The third kappa shape index (κ3) is 6.12. The molecule has 0 spiro atoms. The van der Waals surface area contributed by atoms with Crippen molar-refractivity contribution >= 4 is 34.7 Å². The molecule has 1 aromatic carbocycles. The highest BCUT2D eigenvalue weighted by Crippen LogP contribution is 2.32. The molecule has 3 amide bonds. The number of alkyl halides is 3. The molecule has 1 aromatic heterocycles. The van der Waals surface area contributed by atoms with Crippen LogP contribution in [0.25, 0.3) is 0 Å². The van der Waals surface area contributed by atoms with Crippen molar-refractivity contribution in [3.63, 3.8) is 0 Å². The summed E-state index contributed by atoms with van der Waals surface area (Å²) in [5.74, 6) is -1.02. The van der Waals surface area contributed by atoms with Gasteiger partial charge in [0.25, 0.3) is 11.8 Å². The van der Waals surface area contributed by atoms with Crippen molar-refractivity contribution in [3.8, 4) is 5.75 Å². The number of ether oxygens (including phenoxy) is 2. The molecule has 188 valence electrons. The Morgan fingerprint density at radius 3 is 2.74 bits per heavy atom. The second kappa shape index (κ2) is 10.2. The van der Waals surface area contributed by atoms with Crippen LogP contribution in [-0.2, 0) is 9.53 Å². The molecule has 1 saturated heterocycles. The smallest absolute Gasteiger partial charge is 0.405 e. The van der Waals surface area contributed by atoms with E-state index in [1.54, 1.807) is 47.7 Å². The first kappa shape index (κ1) is 25.0. The maximum atomic E-state index is 13.3. The Bertz CT molecular complexity index is 1090. The fourth-order valence-corrected chi connectivity index (χ4v) is 4.80. The van der Waals surface area contributed by atoms with E-state index in [-0.39, 0.29) is 30.9 Å². The van der Waals surface area contributed by atoms with Gasteiger partial charge in [-0.3, -0.25) is 14.4 Å². The van der Waals surface area contributed by atoms with Crippen LogP contribution in [0.1, 0.15) is 39.3 Å².